The fourth-order valence-corrected chi connectivity index (χ4v) is 2.22. The molecule has 4 nitrogen and oxygen atoms in total. The molecule has 0 radical (unpaired) electrons. The summed E-state index contributed by atoms with van der Waals surface area (Å²) in [6.45, 7) is 7.75. The Balaban J connectivity index is 2.17. The number of hydrogen-bond donors (Lipinski definition) is 1. The highest BCUT2D eigenvalue weighted by atomic mass is 32.1. The lowest BCUT2D eigenvalue weighted by molar-refractivity contribution is 0.145. The zero-order valence-electron chi connectivity index (χ0n) is 10.2. The lowest BCUT2D eigenvalue weighted by Crippen LogP contribution is -2.15. The molecule has 0 fully saturated rings. The van der Waals surface area contributed by atoms with E-state index in [9.17, 15) is 0 Å². The molecular formula is C11H21N3OS. The van der Waals surface area contributed by atoms with Crippen LogP contribution >= 0.6 is 11.3 Å². The monoisotopic (exact) mass is 243 g/mol. The van der Waals surface area contributed by atoms with Gasteiger partial charge in [-0.1, -0.05) is 6.92 Å². The van der Waals surface area contributed by atoms with E-state index in [1.165, 1.54) is 0 Å². The maximum atomic E-state index is 5.29. The van der Waals surface area contributed by atoms with Crippen LogP contribution in [-0.2, 0) is 17.6 Å². The number of nitrogens with one attached hydrogen (secondary N) is 1. The molecule has 0 aliphatic carbocycles. The maximum Gasteiger partial charge on any atom is 0.118 e. The molecular weight excluding hydrogens is 222 g/mol. The molecule has 0 atom stereocenters. The minimum Gasteiger partial charge on any atom is -0.382 e. The van der Waals surface area contributed by atoms with E-state index >= 15 is 0 Å². The number of ether oxygens (including phenoxy) is 1. The summed E-state index contributed by atoms with van der Waals surface area (Å²) in [6.07, 6.45) is 3.01. The summed E-state index contributed by atoms with van der Waals surface area (Å²) in [5.74, 6) is 0. The molecule has 0 aromatic carbocycles. The molecule has 1 heterocycles. The average molecular weight is 243 g/mol. The van der Waals surface area contributed by atoms with Gasteiger partial charge >= 0.3 is 0 Å². The minimum absolute atomic E-state index is 0.796. The summed E-state index contributed by atoms with van der Waals surface area (Å²) in [7, 11) is 0. The second kappa shape index (κ2) is 8.61. The van der Waals surface area contributed by atoms with E-state index < -0.39 is 0 Å². The predicted molar refractivity (Wildman–Crippen MR) is 67.0 cm³/mol. The highest BCUT2D eigenvalue weighted by Crippen LogP contribution is 2.11. The van der Waals surface area contributed by atoms with Crippen molar-refractivity contribution in [2.75, 3.05) is 26.3 Å². The molecule has 0 bridgehead atoms. The van der Waals surface area contributed by atoms with Crippen LogP contribution in [0.15, 0.2) is 0 Å². The van der Waals surface area contributed by atoms with Crippen LogP contribution in [0.25, 0.3) is 0 Å². The standard InChI is InChI=1S/C11H21N3OS/c1-3-12-8-7-11-14-13-10(16-11)6-5-9-15-4-2/h12H,3-9H2,1-2H3. The van der Waals surface area contributed by atoms with E-state index in [-0.39, 0.29) is 0 Å². The van der Waals surface area contributed by atoms with Gasteiger partial charge in [0.1, 0.15) is 10.0 Å². The number of nitrogens with zero attached hydrogens (tertiary/aromatic N) is 2. The van der Waals surface area contributed by atoms with E-state index in [1.54, 1.807) is 11.3 Å². The second-order valence-electron chi connectivity index (χ2n) is 3.49. The van der Waals surface area contributed by atoms with Crippen LogP contribution in [-0.4, -0.2) is 36.5 Å². The summed E-state index contributed by atoms with van der Waals surface area (Å²) in [5, 5.41) is 13.9. The summed E-state index contributed by atoms with van der Waals surface area (Å²) in [5.41, 5.74) is 0. The fourth-order valence-electron chi connectivity index (χ4n) is 1.33. The molecule has 1 aromatic rings. The Hall–Kier alpha value is -0.520. The molecule has 0 aliphatic rings. The van der Waals surface area contributed by atoms with Crippen molar-refractivity contribution in [1.29, 1.82) is 0 Å². The first-order valence-corrected chi connectivity index (χ1v) is 6.78. The van der Waals surface area contributed by atoms with Crippen molar-refractivity contribution in [2.24, 2.45) is 0 Å². The number of rotatable bonds is 9. The van der Waals surface area contributed by atoms with Crippen LogP contribution in [0.5, 0.6) is 0 Å². The number of likely N-dealkylation sites (N-methyl/N-ethyl adjacent to an activating group) is 1. The van der Waals surface area contributed by atoms with Crippen LogP contribution in [0.1, 0.15) is 30.3 Å². The molecule has 16 heavy (non-hydrogen) atoms. The van der Waals surface area contributed by atoms with Gasteiger partial charge < -0.3 is 10.1 Å². The molecule has 0 saturated carbocycles. The Kier molecular flexibility index (Phi) is 7.29. The Morgan fingerprint density at radius 3 is 2.62 bits per heavy atom. The summed E-state index contributed by atoms with van der Waals surface area (Å²) in [6, 6.07) is 0. The third-order valence-corrected chi connectivity index (χ3v) is 3.20. The van der Waals surface area contributed by atoms with Gasteiger partial charge in [-0.25, -0.2) is 0 Å². The van der Waals surface area contributed by atoms with Crippen LogP contribution in [0.2, 0.25) is 0 Å². The number of hydrogen-bond acceptors (Lipinski definition) is 5. The van der Waals surface area contributed by atoms with Gasteiger partial charge in [-0.15, -0.1) is 21.5 Å². The Bertz CT molecular complexity index is 278. The van der Waals surface area contributed by atoms with Crippen molar-refractivity contribution in [3.05, 3.63) is 10.0 Å². The normalized spacial score (nSPS) is 10.9. The largest absolute Gasteiger partial charge is 0.382 e. The van der Waals surface area contributed by atoms with E-state index in [2.05, 4.69) is 22.4 Å². The van der Waals surface area contributed by atoms with Crippen molar-refractivity contribution in [2.45, 2.75) is 33.1 Å². The molecule has 0 spiro atoms. The Morgan fingerprint density at radius 1 is 1.19 bits per heavy atom. The van der Waals surface area contributed by atoms with Gasteiger partial charge in [0.2, 0.25) is 0 Å². The zero-order valence-corrected chi connectivity index (χ0v) is 11.0. The first-order chi connectivity index (χ1) is 7.86. The van der Waals surface area contributed by atoms with Gasteiger partial charge in [0.05, 0.1) is 0 Å². The van der Waals surface area contributed by atoms with Crippen molar-refractivity contribution in [3.8, 4) is 0 Å². The van der Waals surface area contributed by atoms with Crippen molar-refractivity contribution in [1.82, 2.24) is 15.5 Å². The third kappa shape index (κ3) is 5.53. The second-order valence-corrected chi connectivity index (χ2v) is 4.64. The van der Waals surface area contributed by atoms with E-state index in [0.29, 0.717) is 0 Å². The number of aryl methyl sites for hydroxylation is 1. The van der Waals surface area contributed by atoms with E-state index in [4.69, 9.17) is 4.74 Å². The van der Waals surface area contributed by atoms with Gasteiger partial charge in [0, 0.05) is 32.6 Å². The molecule has 5 heteroatoms. The maximum absolute atomic E-state index is 5.29. The molecule has 1 aromatic heterocycles. The summed E-state index contributed by atoms with van der Waals surface area (Å²) < 4.78 is 5.29. The van der Waals surface area contributed by atoms with Crippen LogP contribution in [0, 0.1) is 0 Å². The van der Waals surface area contributed by atoms with Crippen LogP contribution in [0.3, 0.4) is 0 Å². The molecule has 0 unspecified atom stereocenters. The molecule has 0 aliphatic heterocycles. The summed E-state index contributed by atoms with van der Waals surface area (Å²) >= 11 is 1.72. The van der Waals surface area contributed by atoms with Crippen molar-refractivity contribution in [3.63, 3.8) is 0 Å². The zero-order chi connectivity index (χ0) is 11.6. The SMILES string of the molecule is CCNCCc1nnc(CCCOCC)s1. The number of aromatic nitrogens is 2. The Labute approximate surface area is 101 Å². The first kappa shape index (κ1) is 13.5. The van der Waals surface area contributed by atoms with Crippen LogP contribution < -0.4 is 5.32 Å². The molecule has 0 saturated heterocycles. The van der Waals surface area contributed by atoms with Gasteiger partial charge in [-0.05, 0) is 19.9 Å². The molecule has 1 rings (SSSR count). The predicted octanol–water partition coefficient (Wildman–Crippen LogP) is 1.66. The topological polar surface area (TPSA) is 47.0 Å². The third-order valence-electron chi connectivity index (χ3n) is 2.16. The van der Waals surface area contributed by atoms with Gasteiger partial charge in [0.15, 0.2) is 0 Å². The highest BCUT2D eigenvalue weighted by molar-refractivity contribution is 7.11. The average Bonchev–Trinajstić information content (AvgIpc) is 2.73. The van der Waals surface area contributed by atoms with Crippen molar-refractivity contribution >= 4 is 11.3 Å². The van der Waals surface area contributed by atoms with E-state index in [0.717, 1.165) is 55.6 Å². The molecule has 1 N–H and O–H groups in total. The quantitative estimate of drug-likeness (QED) is 0.670. The van der Waals surface area contributed by atoms with Gasteiger partial charge in [-0.3, -0.25) is 0 Å². The summed E-state index contributed by atoms with van der Waals surface area (Å²) in [4.78, 5) is 0. The Morgan fingerprint density at radius 2 is 1.94 bits per heavy atom. The minimum atomic E-state index is 0.796. The lowest BCUT2D eigenvalue weighted by Gasteiger charge is -1.97. The van der Waals surface area contributed by atoms with Gasteiger partial charge in [0.25, 0.3) is 0 Å². The van der Waals surface area contributed by atoms with Crippen molar-refractivity contribution < 1.29 is 4.74 Å². The van der Waals surface area contributed by atoms with Gasteiger partial charge in [-0.2, -0.15) is 0 Å². The highest BCUT2D eigenvalue weighted by Gasteiger charge is 2.03. The first-order valence-electron chi connectivity index (χ1n) is 5.96. The molecule has 0 amide bonds. The van der Waals surface area contributed by atoms with Crippen LogP contribution in [0.4, 0.5) is 0 Å². The smallest absolute Gasteiger partial charge is 0.118 e. The fraction of sp³-hybridized carbons (Fsp3) is 0.818. The molecule has 92 valence electrons. The van der Waals surface area contributed by atoms with E-state index in [1.807, 2.05) is 6.92 Å². The lowest BCUT2D eigenvalue weighted by atomic mass is 10.3.